The molecule has 3 amide bonds. The van der Waals surface area contributed by atoms with Gasteiger partial charge in [-0.15, -0.1) is 0 Å². The topological polar surface area (TPSA) is 193 Å². The second kappa shape index (κ2) is 28.7. The van der Waals surface area contributed by atoms with Crippen LogP contribution in [0.2, 0.25) is 5.02 Å². The molecule has 2 aromatic rings. The Balaban J connectivity index is 1.28. The van der Waals surface area contributed by atoms with Gasteiger partial charge in [0.2, 0.25) is 17.7 Å². The Labute approximate surface area is 425 Å². The molecule has 2 aromatic carbocycles. The normalized spacial score (nSPS) is 22.2. The van der Waals surface area contributed by atoms with Crippen LogP contribution >= 0.6 is 24.2 Å². The van der Waals surface area contributed by atoms with E-state index in [2.05, 4.69) is 45.6 Å². The lowest BCUT2D eigenvalue weighted by Crippen LogP contribution is -2.51. The molecule has 70 heavy (non-hydrogen) atoms. The molecule has 0 bridgehead atoms. The summed E-state index contributed by atoms with van der Waals surface area (Å²) in [6.07, 6.45) is 2.13. The summed E-state index contributed by atoms with van der Waals surface area (Å²) < 4.78 is 40.2. The highest BCUT2D eigenvalue weighted by Crippen LogP contribution is 2.45. The molecule has 390 valence electrons. The zero-order chi connectivity index (χ0) is 51.4. The summed E-state index contributed by atoms with van der Waals surface area (Å²) in [6.45, 7) is 17.6. The Kier molecular flexibility index (Phi) is 23.9. The van der Waals surface area contributed by atoms with Gasteiger partial charge in [0.05, 0.1) is 63.3 Å². The highest BCUT2D eigenvalue weighted by molar-refractivity contribution is 7.81. The number of ether oxygens (including phenoxy) is 7. The maximum Gasteiger partial charge on any atom is 0.347 e. The number of epoxide rings is 1. The van der Waals surface area contributed by atoms with E-state index in [1.807, 2.05) is 53.8 Å². The van der Waals surface area contributed by atoms with Crippen LogP contribution in [0.15, 0.2) is 54.6 Å². The van der Waals surface area contributed by atoms with E-state index in [-0.39, 0.29) is 60.5 Å². The molecule has 1 saturated heterocycles. The fourth-order valence-corrected chi connectivity index (χ4v) is 7.95. The number of esters is 2. The van der Waals surface area contributed by atoms with E-state index in [0.29, 0.717) is 75.4 Å². The summed E-state index contributed by atoms with van der Waals surface area (Å²) in [5.41, 5.74) is 1.56. The second-order valence-corrected chi connectivity index (χ2v) is 21.4. The van der Waals surface area contributed by atoms with E-state index in [0.717, 1.165) is 24.2 Å². The van der Waals surface area contributed by atoms with Crippen LogP contribution < -0.4 is 20.7 Å². The van der Waals surface area contributed by atoms with E-state index < -0.39 is 47.4 Å². The molecule has 4 rings (SSSR count). The lowest BCUT2D eigenvalue weighted by molar-refractivity contribution is -0.179. The van der Waals surface area contributed by atoms with Crippen LogP contribution in [0.3, 0.4) is 0 Å². The zero-order valence-electron chi connectivity index (χ0n) is 42.5. The number of thiol groups is 1. The van der Waals surface area contributed by atoms with Crippen molar-refractivity contribution in [3.8, 4) is 5.75 Å². The minimum atomic E-state index is -1.23. The van der Waals surface area contributed by atoms with Crippen LogP contribution in [-0.2, 0) is 65.4 Å². The summed E-state index contributed by atoms with van der Waals surface area (Å²) in [6, 6.07) is 12.3. The molecule has 1 fully saturated rings. The van der Waals surface area contributed by atoms with Crippen molar-refractivity contribution >= 4 is 53.9 Å². The fraction of sp³-hybridized carbons (Fsp3) is 0.635. The number of amides is 3. The van der Waals surface area contributed by atoms with Crippen molar-refractivity contribution in [2.24, 2.45) is 17.3 Å². The van der Waals surface area contributed by atoms with Crippen molar-refractivity contribution in [3.05, 3.63) is 76.3 Å². The number of carbonyl (C=O) groups excluding carboxylic acids is 5. The minimum absolute atomic E-state index is 0.000458. The molecule has 2 aliphatic heterocycles. The van der Waals surface area contributed by atoms with E-state index in [4.69, 9.17) is 44.8 Å². The average Bonchev–Trinajstić information content (AvgIpc) is 4.10. The number of nitrogens with zero attached hydrogens (tertiary/aromatic N) is 1. The van der Waals surface area contributed by atoms with Crippen molar-refractivity contribution in [3.63, 3.8) is 0 Å². The van der Waals surface area contributed by atoms with Crippen LogP contribution in [0.25, 0.3) is 0 Å². The van der Waals surface area contributed by atoms with Gasteiger partial charge >= 0.3 is 11.9 Å². The van der Waals surface area contributed by atoms with E-state index in [1.54, 1.807) is 38.1 Å². The SMILES string of the molecule is COc1ccc(C[C@H]2NC(=O)/C=C/C[C@@H]([C@H](C)[C@H]3OC3c3ccc(CN(C)CCOCCOCCOCCNC(=O)CCC(C)(C)S)cc3)OC(=O)[C@H](CC(C)C)OC(=O)C(C)(C)CNC2=O)cc1Cl. The first kappa shape index (κ1) is 58.3. The molecule has 0 saturated carbocycles. The molecule has 3 N–H and O–H groups in total. The van der Waals surface area contributed by atoms with Gasteiger partial charge in [0.25, 0.3) is 0 Å². The molecule has 0 spiro atoms. The van der Waals surface area contributed by atoms with Crippen LogP contribution in [0, 0.1) is 17.3 Å². The number of cyclic esters (lactones) is 2. The maximum absolute atomic E-state index is 13.9. The average molecular weight is 1020 g/mol. The first-order valence-corrected chi connectivity index (χ1v) is 25.1. The Morgan fingerprint density at radius 2 is 1.61 bits per heavy atom. The number of nitrogens with one attached hydrogen (secondary N) is 3. The monoisotopic (exact) mass is 1020 g/mol. The summed E-state index contributed by atoms with van der Waals surface area (Å²) >= 11 is 10.8. The Hall–Kier alpha value is -4.23. The number of rotatable bonds is 25. The smallest absolute Gasteiger partial charge is 0.347 e. The quantitative estimate of drug-likeness (QED) is 0.0380. The van der Waals surface area contributed by atoms with Crippen LogP contribution in [0.4, 0.5) is 0 Å². The second-order valence-electron chi connectivity index (χ2n) is 19.8. The molecule has 0 aliphatic carbocycles. The third-order valence-electron chi connectivity index (χ3n) is 11.9. The molecule has 6 atom stereocenters. The van der Waals surface area contributed by atoms with Gasteiger partial charge in [0, 0.05) is 56.1 Å². The van der Waals surface area contributed by atoms with Gasteiger partial charge in [-0.1, -0.05) is 82.6 Å². The number of halogens is 1. The lowest BCUT2D eigenvalue weighted by atomic mass is 9.92. The summed E-state index contributed by atoms with van der Waals surface area (Å²) in [5.74, 6) is -2.25. The summed E-state index contributed by atoms with van der Waals surface area (Å²) in [4.78, 5) is 68.6. The zero-order valence-corrected chi connectivity index (χ0v) is 44.2. The summed E-state index contributed by atoms with van der Waals surface area (Å²) in [7, 11) is 3.54. The van der Waals surface area contributed by atoms with E-state index >= 15 is 0 Å². The van der Waals surface area contributed by atoms with E-state index in [9.17, 15) is 24.0 Å². The van der Waals surface area contributed by atoms with Crippen molar-refractivity contribution in [2.75, 3.05) is 73.4 Å². The molecular formula is C52H77ClN4O12S. The highest BCUT2D eigenvalue weighted by Gasteiger charge is 2.48. The Morgan fingerprint density at radius 3 is 2.26 bits per heavy atom. The third-order valence-corrected chi connectivity index (χ3v) is 12.5. The first-order valence-electron chi connectivity index (χ1n) is 24.3. The van der Waals surface area contributed by atoms with Gasteiger partial charge in [0.15, 0.2) is 6.10 Å². The molecule has 0 aromatic heterocycles. The fourth-order valence-electron chi connectivity index (χ4n) is 7.56. The molecule has 2 heterocycles. The van der Waals surface area contributed by atoms with Crippen LogP contribution in [0.5, 0.6) is 5.75 Å². The largest absolute Gasteiger partial charge is 0.495 e. The van der Waals surface area contributed by atoms with Crippen molar-refractivity contribution in [1.82, 2.24) is 20.9 Å². The standard InChI is InChI=1S/C52H77ClN4O12S/c1-34(2)29-43-49(61)67-41(11-10-12-45(59)56-40(31-37-15-18-42(63-9)39(53)30-37)48(60)55-33-51(4,5)50(62)68-43)35(3)46-47(69-46)38-16-13-36(14-17-38)32-57(8)22-24-65-26-28-66-27-25-64-23-21-54-44(58)19-20-52(6,7)70/h10,12-18,30,34-35,40-41,43,46-47,70H,11,19-29,31-33H2,1-9H3,(H,54,58)(H,55,60)(H,56,59)/b12-10+/t35-,40+,41-,43-,46+,47?/m0/s1. The molecule has 1 unspecified atom stereocenters. The third kappa shape index (κ3) is 20.9. The van der Waals surface area contributed by atoms with Gasteiger partial charge in [-0.2, -0.15) is 12.6 Å². The number of carbonyl (C=O) groups is 5. The van der Waals surface area contributed by atoms with Crippen molar-refractivity contribution in [1.29, 1.82) is 0 Å². The molecule has 2 aliphatic rings. The predicted molar refractivity (Wildman–Crippen MR) is 271 cm³/mol. The van der Waals surface area contributed by atoms with Crippen LogP contribution in [-0.4, -0.2) is 137 Å². The van der Waals surface area contributed by atoms with Gasteiger partial charge in [-0.05, 0) is 74.6 Å². The Bertz CT molecular complexity index is 2030. The van der Waals surface area contributed by atoms with E-state index in [1.165, 1.54) is 13.2 Å². The van der Waals surface area contributed by atoms with Crippen molar-refractivity contribution in [2.45, 2.75) is 122 Å². The highest BCUT2D eigenvalue weighted by atomic mass is 35.5. The van der Waals surface area contributed by atoms with Gasteiger partial charge in [-0.25, -0.2) is 4.79 Å². The molecule has 16 nitrogen and oxygen atoms in total. The first-order chi connectivity index (χ1) is 33.1. The lowest BCUT2D eigenvalue weighted by Gasteiger charge is -2.29. The maximum atomic E-state index is 13.9. The van der Waals surface area contributed by atoms with Gasteiger partial charge < -0.3 is 49.1 Å². The number of hydrogen-bond acceptors (Lipinski definition) is 14. The number of hydrogen-bond donors (Lipinski definition) is 4. The van der Waals surface area contributed by atoms with Crippen LogP contribution in [0.1, 0.15) is 96.9 Å². The molecule has 18 heteroatoms. The predicted octanol–water partition coefficient (Wildman–Crippen LogP) is 6.21. The molecular weight excluding hydrogens is 940 g/mol. The number of benzene rings is 2. The van der Waals surface area contributed by atoms with Gasteiger partial charge in [-0.3, -0.25) is 24.1 Å². The summed E-state index contributed by atoms with van der Waals surface area (Å²) in [5, 5.41) is 8.79. The van der Waals surface area contributed by atoms with Gasteiger partial charge in [0.1, 0.15) is 24.0 Å². The minimum Gasteiger partial charge on any atom is -0.495 e. The Morgan fingerprint density at radius 1 is 0.957 bits per heavy atom. The number of likely N-dealkylation sites (N-methyl/N-ethyl adjacent to an activating group) is 1. The number of methoxy groups -OCH3 is 1. The van der Waals surface area contributed by atoms with Crippen molar-refractivity contribution < 1.29 is 57.1 Å². The molecule has 0 radical (unpaired) electrons.